The Bertz CT molecular complexity index is 3110. The van der Waals surface area contributed by atoms with Gasteiger partial charge in [-0.25, -0.2) is 0 Å². The predicted octanol–water partition coefficient (Wildman–Crippen LogP) is 16.7. The van der Waals surface area contributed by atoms with E-state index in [0.717, 1.165) is 5.69 Å². The highest BCUT2D eigenvalue weighted by Gasteiger charge is 2.41. The van der Waals surface area contributed by atoms with Crippen molar-refractivity contribution in [3.05, 3.63) is 209 Å². The van der Waals surface area contributed by atoms with E-state index in [1.807, 2.05) is 0 Å². The number of benzene rings is 8. The Kier molecular flexibility index (Phi) is 8.24. The van der Waals surface area contributed by atoms with Gasteiger partial charge in [0.15, 0.2) is 0 Å². The normalized spacial score (nSPS) is 15.6. The molecule has 8 aromatic rings. The fourth-order valence-electron chi connectivity index (χ4n) is 11.5. The smallest absolute Gasteiger partial charge is 0.0465 e. The zero-order valence-corrected chi connectivity index (χ0v) is 37.6. The maximum atomic E-state index is 2.50. The zero-order chi connectivity index (χ0) is 42.9. The lowest BCUT2D eigenvalue weighted by atomic mass is 9.73. The number of hydrogen-bond acceptors (Lipinski definition) is 1. The van der Waals surface area contributed by atoms with Crippen molar-refractivity contribution >= 4 is 17.1 Å². The van der Waals surface area contributed by atoms with Crippen LogP contribution in [0.5, 0.6) is 0 Å². The van der Waals surface area contributed by atoms with E-state index in [1.165, 1.54) is 106 Å². The van der Waals surface area contributed by atoms with Gasteiger partial charge in [0.2, 0.25) is 0 Å². The highest BCUT2D eigenvalue weighted by atomic mass is 15.1. The lowest BCUT2D eigenvalue weighted by Gasteiger charge is -2.32. The summed E-state index contributed by atoms with van der Waals surface area (Å²) in [4.78, 5) is 2.50. The Morgan fingerprint density at radius 1 is 0.339 bits per heavy atom. The number of rotatable bonds is 5. The lowest BCUT2D eigenvalue weighted by Crippen LogP contribution is -2.23. The van der Waals surface area contributed by atoms with Crippen LogP contribution < -0.4 is 4.90 Å². The van der Waals surface area contributed by atoms with Gasteiger partial charge in [-0.15, -0.1) is 0 Å². The summed E-state index contributed by atoms with van der Waals surface area (Å²) >= 11 is 0. The summed E-state index contributed by atoms with van der Waals surface area (Å²) in [5.41, 5.74) is 26.0. The Morgan fingerprint density at radius 2 is 0.839 bits per heavy atom. The van der Waals surface area contributed by atoms with Crippen molar-refractivity contribution in [3.8, 4) is 55.6 Å². The van der Waals surface area contributed by atoms with Crippen molar-refractivity contribution in [1.82, 2.24) is 0 Å². The van der Waals surface area contributed by atoms with Crippen molar-refractivity contribution in [1.29, 1.82) is 0 Å². The molecule has 0 radical (unpaired) electrons. The minimum atomic E-state index is -0.201. The fourth-order valence-corrected chi connectivity index (χ4v) is 11.5. The van der Waals surface area contributed by atoms with Gasteiger partial charge in [0, 0.05) is 33.3 Å². The molecule has 0 aromatic heterocycles. The van der Waals surface area contributed by atoms with Gasteiger partial charge >= 0.3 is 0 Å². The average molecular weight is 802 g/mol. The molecule has 0 saturated heterocycles. The zero-order valence-electron chi connectivity index (χ0n) is 37.6. The number of hydrogen-bond donors (Lipinski definition) is 0. The third-order valence-electron chi connectivity index (χ3n) is 14.8. The molecule has 304 valence electrons. The molecule has 3 aliphatic rings. The van der Waals surface area contributed by atoms with Gasteiger partial charge < -0.3 is 4.90 Å². The minimum absolute atomic E-state index is 0.0314. The van der Waals surface area contributed by atoms with Crippen LogP contribution in [0, 0.1) is 0 Å². The summed E-state index contributed by atoms with van der Waals surface area (Å²) in [7, 11) is 0. The standard InChI is InChI=1S/C61H55N/c1-58(2,3)55-35-40(38-18-11-10-12-19-38)34-49-47-33-31-43(37-54(47)61(8,9)57(49)55)62(42-30-32-46-45-20-13-15-23-50(45)60(6,7)53(46)36-42)41-28-26-39(27-29-41)44-22-17-25-52-56(44)48-21-14-16-24-51(48)59(52,4)5/h10-37H,1-9H3. The number of anilines is 3. The first-order valence-corrected chi connectivity index (χ1v) is 22.4. The van der Waals surface area contributed by atoms with E-state index >= 15 is 0 Å². The molecular weight excluding hydrogens is 747 g/mol. The molecular formula is C61H55N. The predicted molar refractivity (Wildman–Crippen MR) is 263 cm³/mol. The molecule has 62 heavy (non-hydrogen) atoms. The second kappa shape index (κ2) is 13.3. The molecule has 0 bridgehead atoms. The first-order valence-electron chi connectivity index (χ1n) is 22.4. The molecule has 0 fully saturated rings. The van der Waals surface area contributed by atoms with Crippen LogP contribution in [-0.4, -0.2) is 0 Å². The van der Waals surface area contributed by atoms with E-state index in [0.29, 0.717) is 0 Å². The molecule has 8 aromatic carbocycles. The van der Waals surface area contributed by atoms with Gasteiger partial charge in [0.25, 0.3) is 0 Å². The summed E-state index contributed by atoms with van der Waals surface area (Å²) in [6.45, 7) is 21.4. The highest BCUT2D eigenvalue weighted by molar-refractivity contribution is 5.94. The van der Waals surface area contributed by atoms with Crippen molar-refractivity contribution in [2.24, 2.45) is 0 Å². The van der Waals surface area contributed by atoms with Crippen molar-refractivity contribution in [2.45, 2.75) is 84.0 Å². The monoisotopic (exact) mass is 801 g/mol. The third-order valence-corrected chi connectivity index (χ3v) is 14.8. The van der Waals surface area contributed by atoms with Crippen LogP contribution in [0.3, 0.4) is 0 Å². The topological polar surface area (TPSA) is 3.24 Å². The van der Waals surface area contributed by atoms with Crippen molar-refractivity contribution < 1.29 is 0 Å². The second-order valence-corrected chi connectivity index (χ2v) is 20.6. The summed E-state index contributed by atoms with van der Waals surface area (Å²) in [5.74, 6) is 0. The van der Waals surface area contributed by atoms with Crippen LogP contribution in [0.25, 0.3) is 55.6 Å². The van der Waals surface area contributed by atoms with Crippen LogP contribution in [0.4, 0.5) is 17.1 Å². The van der Waals surface area contributed by atoms with Crippen LogP contribution in [-0.2, 0) is 21.7 Å². The third kappa shape index (κ3) is 5.53. The molecule has 1 nitrogen and oxygen atoms in total. The Labute approximate surface area is 368 Å². The van der Waals surface area contributed by atoms with Crippen molar-refractivity contribution in [3.63, 3.8) is 0 Å². The van der Waals surface area contributed by atoms with Crippen molar-refractivity contribution in [2.75, 3.05) is 4.90 Å². The first kappa shape index (κ1) is 38.5. The van der Waals surface area contributed by atoms with Gasteiger partial charge in [0.1, 0.15) is 0 Å². The number of fused-ring (bicyclic) bond motifs is 9. The molecule has 0 spiro atoms. The summed E-state index contributed by atoms with van der Waals surface area (Å²) in [6, 6.07) is 64.3. The van der Waals surface area contributed by atoms with Gasteiger partial charge in [-0.05, 0) is 142 Å². The molecule has 1 heteroatoms. The van der Waals surface area contributed by atoms with Crippen LogP contribution in [0.2, 0.25) is 0 Å². The van der Waals surface area contributed by atoms with E-state index in [1.54, 1.807) is 0 Å². The quantitative estimate of drug-likeness (QED) is 0.168. The van der Waals surface area contributed by atoms with Gasteiger partial charge in [-0.3, -0.25) is 0 Å². The lowest BCUT2D eigenvalue weighted by molar-refractivity contribution is 0.557. The largest absolute Gasteiger partial charge is 0.310 e. The molecule has 0 aliphatic heterocycles. The highest BCUT2D eigenvalue weighted by Crippen LogP contribution is 2.56. The molecule has 0 N–H and O–H groups in total. The summed E-state index contributed by atoms with van der Waals surface area (Å²) in [6.07, 6.45) is 0. The Morgan fingerprint density at radius 3 is 1.50 bits per heavy atom. The summed E-state index contributed by atoms with van der Waals surface area (Å²) < 4.78 is 0. The molecule has 11 rings (SSSR count). The maximum Gasteiger partial charge on any atom is 0.0465 e. The van der Waals surface area contributed by atoms with Crippen LogP contribution >= 0.6 is 0 Å². The van der Waals surface area contributed by atoms with E-state index in [-0.39, 0.29) is 21.7 Å². The average Bonchev–Trinajstić information content (AvgIpc) is 3.76. The van der Waals surface area contributed by atoms with Crippen LogP contribution in [0.1, 0.15) is 101 Å². The molecule has 0 unspecified atom stereocenters. The maximum absolute atomic E-state index is 2.50. The molecule has 0 amide bonds. The minimum Gasteiger partial charge on any atom is -0.310 e. The van der Waals surface area contributed by atoms with Gasteiger partial charge in [-0.1, -0.05) is 190 Å². The fraction of sp³-hybridized carbons (Fsp3) is 0.213. The molecule has 0 atom stereocenters. The molecule has 3 aliphatic carbocycles. The van der Waals surface area contributed by atoms with Crippen LogP contribution in [0.15, 0.2) is 170 Å². The second-order valence-electron chi connectivity index (χ2n) is 20.6. The van der Waals surface area contributed by atoms with E-state index in [2.05, 4.69) is 237 Å². The number of nitrogens with zero attached hydrogens (tertiary/aromatic N) is 1. The summed E-state index contributed by atoms with van der Waals surface area (Å²) in [5, 5.41) is 0. The van der Waals surface area contributed by atoms with Gasteiger partial charge in [-0.2, -0.15) is 0 Å². The Hall–Kier alpha value is -6.44. The first-order chi connectivity index (χ1) is 29.7. The van der Waals surface area contributed by atoms with E-state index < -0.39 is 0 Å². The molecule has 0 heterocycles. The molecule has 0 saturated carbocycles. The SMILES string of the molecule is CC(C)(C)c1cc(-c2ccccc2)cc2c1C(C)(C)c1cc(N(c3ccc(-c4cccc5c4-c4ccccc4C5(C)C)cc3)c3ccc4c(c3)C(C)(C)c3ccccc3-4)ccc1-2. The van der Waals surface area contributed by atoms with E-state index in [4.69, 9.17) is 0 Å². The Balaban J connectivity index is 1.08. The van der Waals surface area contributed by atoms with E-state index in [9.17, 15) is 0 Å². The van der Waals surface area contributed by atoms with Gasteiger partial charge in [0.05, 0.1) is 0 Å².